The summed E-state index contributed by atoms with van der Waals surface area (Å²) in [6.07, 6.45) is 2.58. The molecule has 0 saturated heterocycles. The number of nitrogens with zero attached hydrogens (tertiary/aromatic N) is 2. The number of amides is 1. The summed E-state index contributed by atoms with van der Waals surface area (Å²) in [5.41, 5.74) is 7.37. The molecule has 0 radical (unpaired) electrons. The number of carbonyl (C=O) groups excluding carboxylic acids is 1. The normalized spacial score (nSPS) is 9.88. The number of carbonyl (C=O) groups is 1. The van der Waals surface area contributed by atoms with Crippen molar-refractivity contribution in [3.05, 3.63) is 10.7 Å². The Hall–Kier alpha value is -1.41. The molecule has 0 atom stereocenters. The molecule has 0 aliphatic rings. The maximum absolute atomic E-state index is 10.5. The lowest BCUT2D eigenvalue weighted by Crippen LogP contribution is -2.14. The van der Waals surface area contributed by atoms with Crippen LogP contribution >= 0.6 is 15.9 Å². The molecule has 0 aliphatic carbocycles. The molecule has 6 N–H and O–H groups in total. The number of primary amides is 1. The number of rotatable bonds is 6. The maximum Gasteiger partial charge on any atom is 0.239 e. The van der Waals surface area contributed by atoms with Crippen molar-refractivity contribution in [3.63, 3.8) is 0 Å². The largest absolute Gasteiger partial charge is 0.370 e. The van der Waals surface area contributed by atoms with Crippen LogP contribution in [0.15, 0.2) is 10.7 Å². The quantitative estimate of drug-likeness (QED) is 0.337. The molecule has 1 aromatic heterocycles. The highest BCUT2D eigenvalue weighted by Gasteiger charge is 2.03. The van der Waals surface area contributed by atoms with E-state index < -0.39 is 0 Å². The molecular weight excluding hydrogens is 276 g/mol. The van der Waals surface area contributed by atoms with Crippen LogP contribution in [0.3, 0.4) is 0 Å². The molecular formula is C8H13BrN6O. The lowest BCUT2D eigenvalue weighted by molar-refractivity contribution is -0.118. The zero-order valence-electron chi connectivity index (χ0n) is 8.53. The Morgan fingerprint density at radius 1 is 1.56 bits per heavy atom. The van der Waals surface area contributed by atoms with Gasteiger partial charge in [0.25, 0.3) is 0 Å². The molecule has 0 aliphatic heterocycles. The van der Waals surface area contributed by atoms with Gasteiger partial charge < -0.3 is 11.1 Å². The molecule has 7 nitrogen and oxygen atoms in total. The molecule has 0 saturated carbocycles. The zero-order valence-corrected chi connectivity index (χ0v) is 10.1. The lowest BCUT2D eigenvalue weighted by Gasteiger charge is -2.07. The van der Waals surface area contributed by atoms with Crippen molar-refractivity contribution in [1.29, 1.82) is 0 Å². The van der Waals surface area contributed by atoms with Gasteiger partial charge in [0.05, 0.1) is 4.47 Å². The molecule has 8 heteroatoms. The van der Waals surface area contributed by atoms with Crippen LogP contribution in [0.1, 0.15) is 12.8 Å². The van der Waals surface area contributed by atoms with E-state index in [9.17, 15) is 4.79 Å². The van der Waals surface area contributed by atoms with Crippen molar-refractivity contribution >= 4 is 33.6 Å². The topological polar surface area (TPSA) is 119 Å². The van der Waals surface area contributed by atoms with E-state index in [2.05, 4.69) is 36.6 Å². The second-order valence-electron chi connectivity index (χ2n) is 3.03. The van der Waals surface area contributed by atoms with Crippen molar-refractivity contribution < 1.29 is 4.79 Å². The number of nitrogens with one attached hydrogen (secondary N) is 2. The number of hydrogen-bond acceptors (Lipinski definition) is 6. The predicted octanol–water partition coefficient (Wildman–Crippen LogP) is 0.202. The van der Waals surface area contributed by atoms with Gasteiger partial charge in [0, 0.05) is 19.2 Å². The van der Waals surface area contributed by atoms with Gasteiger partial charge in [0.1, 0.15) is 5.82 Å². The summed E-state index contributed by atoms with van der Waals surface area (Å²) in [7, 11) is 0. The van der Waals surface area contributed by atoms with E-state index >= 15 is 0 Å². The van der Waals surface area contributed by atoms with Gasteiger partial charge >= 0.3 is 0 Å². The highest BCUT2D eigenvalue weighted by molar-refractivity contribution is 9.10. The van der Waals surface area contributed by atoms with Crippen molar-refractivity contribution in [1.82, 2.24) is 9.97 Å². The summed E-state index contributed by atoms with van der Waals surface area (Å²) in [5, 5.41) is 3.04. The number of hydrogen-bond donors (Lipinski definition) is 4. The van der Waals surface area contributed by atoms with E-state index in [-0.39, 0.29) is 5.91 Å². The molecule has 0 aromatic carbocycles. The van der Waals surface area contributed by atoms with Crippen LogP contribution in [0, 0.1) is 0 Å². The van der Waals surface area contributed by atoms with Gasteiger partial charge in [-0.2, -0.15) is 4.98 Å². The first-order valence-electron chi connectivity index (χ1n) is 4.65. The number of hydrazine groups is 1. The summed E-state index contributed by atoms with van der Waals surface area (Å²) < 4.78 is 0.727. The second-order valence-corrected chi connectivity index (χ2v) is 3.89. The zero-order chi connectivity index (χ0) is 12.0. The first-order chi connectivity index (χ1) is 7.63. The minimum atomic E-state index is -0.312. The summed E-state index contributed by atoms with van der Waals surface area (Å²) in [5.74, 6) is 5.81. The van der Waals surface area contributed by atoms with Crippen LogP contribution < -0.4 is 22.3 Å². The van der Waals surface area contributed by atoms with Gasteiger partial charge in [0.15, 0.2) is 0 Å². The molecule has 1 rings (SSSR count). The van der Waals surface area contributed by atoms with E-state index in [0.717, 1.165) is 4.47 Å². The van der Waals surface area contributed by atoms with Crippen molar-refractivity contribution in [3.8, 4) is 0 Å². The minimum absolute atomic E-state index is 0.312. The molecule has 1 aromatic rings. The van der Waals surface area contributed by atoms with Gasteiger partial charge in [-0.05, 0) is 22.4 Å². The maximum atomic E-state index is 10.5. The number of nitrogens with two attached hydrogens (primary N) is 2. The third-order valence-corrected chi connectivity index (χ3v) is 2.35. The fourth-order valence-corrected chi connectivity index (χ4v) is 1.36. The first kappa shape index (κ1) is 12.7. The molecule has 1 heterocycles. The molecule has 0 bridgehead atoms. The Morgan fingerprint density at radius 2 is 2.31 bits per heavy atom. The van der Waals surface area contributed by atoms with Crippen LogP contribution in [0.5, 0.6) is 0 Å². The third kappa shape index (κ3) is 3.99. The molecule has 1 amide bonds. The summed E-state index contributed by atoms with van der Waals surface area (Å²) in [6, 6.07) is 0. The summed E-state index contributed by atoms with van der Waals surface area (Å²) in [6.45, 7) is 0.600. The highest BCUT2D eigenvalue weighted by atomic mass is 79.9. The van der Waals surface area contributed by atoms with Gasteiger partial charge in [-0.1, -0.05) is 0 Å². The van der Waals surface area contributed by atoms with Crippen molar-refractivity contribution in [2.24, 2.45) is 11.6 Å². The van der Waals surface area contributed by atoms with Gasteiger partial charge in [-0.3, -0.25) is 10.2 Å². The standard InChI is InChI=1S/C8H13BrN6O/c9-5-4-13-8(15-11)14-7(5)12-3-1-2-6(10)16/h4H,1-3,11H2,(H2,10,16)(H2,12,13,14,15). The minimum Gasteiger partial charge on any atom is -0.370 e. The van der Waals surface area contributed by atoms with Crippen LogP contribution in [0.4, 0.5) is 11.8 Å². The van der Waals surface area contributed by atoms with Crippen molar-refractivity contribution in [2.45, 2.75) is 12.8 Å². The van der Waals surface area contributed by atoms with Gasteiger partial charge in [-0.25, -0.2) is 10.8 Å². The third-order valence-electron chi connectivity index (χ3n) is 1.77. The van der Waals surface area contributed by atoms with Gasteiger partial charge in [-0.15, -0.1) is 0 Å². The Kier molecular flexibility index (Phi) is 4.93. The molecule has 0 spiro atoms. The van der Waals surface area contributed by atoms with E-state index in [4.69, 9.17) is 11.6 Å². The fourth-order valence-electron chi connectivity index (χ4n) is 1.03. The van der Waals surface area contributed by atoms with E-state index in [0.29, 0.717) is 31.2 Å². The molecule has 0 unspecified atom stereocenters. The van der Waals surface area contributed by atoms with Crippen LogP contribution in [-0.2, 0) is 4.79 Å². The summed E-state index contributed by atoms with van der Waals surface area (Å²) in [4.78, 5) is 18.5. The monoisotopic (exact) mass is 288 g/mol. The van der Waals surface area contributed by atoms with Crippen molar-refractivity contribution in [2.75, 3.05) is 17.3 Å². The predicted molar refractivity (Wildman–Crippen MR) is 64.5 cm³/mol. The molecule has 16 heavy (non-hydrogen) atoms. The average molecular weight is 289 g/mol. The molecule has 88 valence electrons. The smallest absolute Gasteiger partial charge is 0.239 e. The van der Waals surface area contributed by atoms with E-state index in [1.165, 1.54) is 0 Å². The molecule has 0 fully saturated rings. The Balaban J connectivity index is 2.49. The Morgan fingerprint density at radius 3 is 2.94 bits per heavy atom. The highest BCUT2D eigenvalue weighted by Crippen LogP contribution is 2.19. The van der Waals surface area contributed by atoms with E-state index in [1.54, 1.807) is 6.20 Å². The number of halogens is 1. The Bertz CT molecular complexity index is 372. The number of anilines is 2. The van der Waals surface area contributed by atoms with Crippen LogP contribution in [0.2, 0.25) is 0 Å². The summed E-state index contributed by atoms with van der Waals surface area (Å²) >= 11 is 3.29. The van der Waals surface area contributed by atoms with E-state index in [1.807, 2.05) is 0 Å². The SMILES string of the molecule is NNc1ncc(Br)c(NCCCC(N)=O)n1. The lowest BCUT2D eigenvalue weighted by atomic mass is 10.3. The number of nitrogen functional groups attached to an aromatic ring is 1. The second kappa shape index (κ2) is 6.23. The van der Waals surface area contributed by atoms with Crippen LogP contribution in [0.25, 0.3) is 0 Å². The van der Waals surface area contributed by atoms with Gasteiger partial charge in [0.2, 0.25) is 11.9 Å². The Labute approximate surface area is 101 Å². The van der Waals surface area contributed by atoms with Crippen LogP contribution in [-0.4, -0.2) is 22.4 Å². The average Bonchev–Trinajstić information content (AvgIpc) is 2.26. The fraction of sp³-hybridized carbons (Fsp3) is 0.375. The number of aromatic nitrogens is 2. The first-order valence-corrected chi connectivity index (χ1v) is 5.44.